The summed E-state index contributed by atoms with van der Waals surface area (Å²) in [5, 5.41) is 3.02. The molecular weight excluding hydrogens is 868 g/mol. The summed E-state index contributed by atoms with van der Waals surface area (Å²) in [5.41, 5.74) is 0. The van der Waals surface area contributed by atoms with Crippen LogP contribution in [0.1, 0.15) is 271 Å². The fraction of sp³-hybridized carbons (Fsp3) is 0.862. The molecule has 0 spiro atoms. The number of quaternary nitrogens is 1. The maximum absolute atomic E-state index is 13.5. The summed E-state index contributed by atoms with van der Waals surface area (Å²) in [6.45, 7) is 6.82. The lowest BCUT2D eigenvalue weighted by Crippen LogP contribution is -2.47. The average Bonchev–Trinajstić information content (AvgIpc) is 3.29. The fourth-order valence-electron chi connectivity index (χ4n) is 8.34. The minimum Gasteiger partial charge on any atom is -0.756 e. The Hall–Kier alpha value is -1.77. The SMILES string of the molecule is CCCCC/C=C/C=C/CCCCCCCCC(=O)NC(COP(=O)([O-])OCC[N+](C)(C)C)C(/C=C/CCCCCCCCCCCCC)OC(=O)CCCCCCCCCCCCCCCC. The van der Waals surface area contributed by atoms with Gasteiger partial charge in [0.25, 0.3) is 7.82 Å². The summed E-state index contributed by atoms with van der Waals surface area (Å²) in [7, 11) is 1.18. The van der Waals surface area contributed by atoms with E-state index in [2.05, 4.69) is 50.4 Å². The zero-order chi connectivity index (χ0) is 50.1. The van der Waals surface area contributed by atoms with Crippen molar-refractivity contribution in [3.63, 3.8) is 0 Å². The highest BCUT2D eigenvalue weighted by Gasteiger charge is 2.27. The van der Waals surface area contributed by atoms with Crippen LogP contribution in [0.4, 0.5) is 0 Å². The second kappa shape index (κ2) is 48.8. The molecule has 0 aromatic rings. The van der Waals surface area contributed by atoms with Gasteiger partial charge in [0.2, 0.25) is 5.91 Å². The Balaban J connectivity index is 5.38. The van der Waals surface area contributed by atoms with E-state index in [9.17, 15) is 19.0 Å². The van der Waals surface area contributed by atoms with Crippen LogP contribution >= 0.6 is 7.82 Å². The van der Waals surface area contributed by atoms with Gasteiger partial charge >= 0.3 is 5.97 Å². The van der Waals surface area contributed by atoms with E-state index >= 15 is 0 Å². The predicted octanol–water partition coefficient (Wildman–Crippen LogP) is 16.5. The van der Waals surface area contributed by atoms with Crippen molar-refractivity contribution in [1.82, 2.24) is 5.32 Å². The molecule has 0 aromatic heterocycles. The van der Waals surface area contributed by atoms with Gasteiger partial charge in [-0.05, 0) is 57.4 Å². The van der Waals surface area contributed by atoms with Gasteiger partial charge in [-0.3, -0.25) is 14.2 Å². The Kier molecular flexibility index (Phi) is 47.6. The van der Waals surface area contributed by atoms with Gasteiger partial charge < -0.3 is 28.5 Å². The molecule has 1 N–H and O–H groups in total. The molecule has 0 aliphatic heterocycles. The van der Waals surface area contributed by atoms with Crippen molar-refractivity contribution < 1.29 is 37.3 Å². The molecule has 1 amide bonds. The first-order chi connectivity index (χ1) is 32.9. The number of hydrogen-bond donors (Lipinski definition) is 1. The van der Waals surface area contributed by atoms with E-state index in [1.165, 1.54) is 154 Å². The summed E-state index contributed by atoms with van der Waals surface area (Å²) in [4.78, 5) is 39.8. The number of nitrogens with zero attached hydrogens (tertiary/aromatic N) is 1. The largest absolute Gasteiger partial charge is 0.756 e. The Bertz CT molecular complexity index is 1270. The van der Waals surface area contributed by atoms with Crippen molar-refractivity contribution in [2.75, 3.05) is 40.9 Å². The van der Waals surface area contributed by atoms with E-state index in [1.54, 1.807) is 0 Å². The average molecular weight is 980 g/mol. The molecule has 0 aromatic carbocycles. The third-order valence-electron chi connectivity index (χ3n) is 12.9. The molecule has 0 fully saturated rings. The molecule has 0 saturated heterocycles. The third kappa shape index (κ3) is 49.2. The molecule has 0 rings (SSSR count). The minimum absolute atomic E-state index is 0.0228. The number of ether oxygens (including phenoxy) is 1. The summed E-state index contributed by atoms with van der Waals surface area (Å²) in [6.07, 6.45) is 56.7. The maximum Gasteiger partial charge on any atom is 0.306 e. The van der Waals surface area contributed by atoms with Gasteiger partial charge in [0.05, 0.1) is 33.8 Å². The summed E-state index contributed by atoms with van der Waals surface area (Å²) >= 11 is 0. The zero-order valence-electron chi connectivity index (χ0n) is 45.6. The number of carbonyl (C=O) groups is 2. The van der Waals surface area contributed by atoms with E-state index in [0.717, 1.165) is 83.5 Å². The zero-order valence-corrected chi connectivity index (χ0v) is 46.5. The second-order valence-corrected chi connectivity index (χ2v) is 22.2. The summed E-state index contributed by atoms with van der Waals surface area (Å²) in [6, 6.07) is -0.889. The molecule has 3 atom stereocenters. The highest BCUT2D eigenvalue weighted by molar-refractivity contribution is 7.45. The second-order valence-electron chi connectivity index (χ2n) is 20.8. The standard InChI is InChI=1S/C58H111N2O7P/c1-7-10-13-16-19-22-25-28-30-32-35-38-41-44-47-50-57(61)59-55(54-66-68(63,64)65-53-52-60(4,5)6)56(49-46-43-40-37-34-31-27-24-21-18-15-12-9-3)67-58(62)51-48-45-42-39-36-33-29-26-23-20-17-14-11-8-2/h19,22,25,28,46,49,55-56H,7-18,20-21,23-24,26-27,29-45,47-48,50-54H2,1-6H3,(H-,59,61,63,64)/b22-19+,28-25+,49-46+. The van der Waals surface area contributed by atoms with E-state index in [0.29, 0.717) is 17.4 Å². The van der Waals surface area contributed by atoms with Crippen LogP contribution in [0.2, 0.25) is 0 Å². The summed E-state index contributed by atoms with van der Waals surface area (Å²) < 4.78 is 30.2. The van der Waals surface area contributed by atoms with Gasteiger partial charge in [-0.25, -0.2) is 0 Å². The molecule has 0 saturated carbocycles. The molecular formula is C58H111N2O7P. The lowest BCUT2D eigenvalue weighted by atomic mass is 10.0. The normalized spacial score (nSPS) is 14.0. The van der Waals surface area contributed by atoms with Crippen LogP contribution in [0.3, 0.4) is 0 Å². The number of esters is 1. The van der Waals surface area contributed by atoms with E-state index in [1.807, 2.05) is 33.3 Å². The Labute approximate surface area is 421 Å². The van der Waals surface area contributed by atoms with E-state index < -0.39 is 20.0 Å². The first kappa shape index (κ1) is 66.2. The van der Waals surface area contributed by atoms with Gasteiger partial charge in [-0.15, -0.1) is 0 Å². The molecule has 68 heavy (non-hydrogen) atoms. The molecule has 3 unspecified atom stereocenters. The van der Waals surface area contributed by atoms with Gasteiger partial charge in [0, 0.05) is 12.8 Å². The van der Waals surface area contributed by atoms with Gasteiger partial charge in [0.15, 0.2) is 0 Å². The van der Waals surface area contributed by atoms with Crippen LogP contribution in [-0.4, -0.2) is 69.4 Å². The van der Waals surface area contributed by atoms with Crippen LogP contribution in [-0.2, 0) is 27.9 Å². The van der Waals surface area contributed by atoms with Gasteiger partial charge in [-0.2, -0.15) is 0 Å². The lowest BCUT2D eigenvalue weighted by molar-refractivity contribution is -0.870. The highest BCUT2D eigenvalue weighted by atomic mass is 31.2. The molecule has 0 heterocycles. The molecule has 0 bridgehead atoms. The number of hydrogen-bond acceptors (Lipinski definition) is 7. The predicted molar refractivity (Wildman–Crippen MR) is 289 cm³/mol. The molecule has 0 radical (unpaired) electrons. The van der Waals surface area contributed by atoms with Gasteiger partial charge in [0.1, 0.15) is 19.3 Å². The first-order valence-electron chi connectivity index (χ1n) is 28.8. The van der Waals surface area contributed by atoms with Crippen LogP contribution in [0.5, 0.6) is 0 Å². The quantitative estimate of drug-likeness (QED) is 0.0161. The molecule has 0 aliphatic rings. The van der Waals surface area contributed by atoms with Crippen molar-refractivity contribution in [3.05, 3.63) is 36.5 Å². The van der Waals surface area contributed by atoms with Crippen molar-refractivity contribution >= 4 is 19.7 Å². The van der Waals surface area contributed by atoms with E-state index in [-0.39, 0.29) is 31.5 Å². The number of nitrogens with one attached hydrogen (secondary N) is 1. The highest BCUT2D eigenvalue weighted by Crippen LogP contribution is 2.38. The molecule has 0 aliphatic carbocycles. The Morgan fingerprint density at radius 3 is 1.32 bits per heavy atom. The number of phosphoric ester groups is 1. The maximum atomic E-state index is 13.5. The Morgan fingerprint density at radius 2 is 0.882 bits per heavy atom. The van der Waals surface area contributed by atoms with Crippen molar-refractivity contribution in [3.8, 4) is 0 Å². The minimum atomic E-state index is -4.69. The van der Waals surface area contributed by atoms with Crippen LogP contribution in [0.15, 0.2) is 36.5 Å². The topological polar surface area (TPSA) is 114 Å². The number of amides is 1. The van der Waals surface area contributed by atoms with Crippen molar-refractivity contribution in [1.29, 1.82) is 0 Å². The third-order valence-corrected chi connectivity index (χ3v) is 13.8. The number of unbranched alkanes of at least 4 members (excludes halogenated alkanes) is 33. The lowest BCUT2D eigenvalue weighted by Gasteiger charge is -2.30. The number of carbonyl (C=O) groups excluding carboxylic acids is 2. The number of rotatable bonds is 52. The molecule has 10 heteroatoms. The smallest absolute Gasteiger partial charge is 0.306 e. The number of likely N-dealkylation sites (N-methyl/N-ethyl adjacent to an activating group) is 1. The van der Waals surface area contributed by atoms with E-state index in [4.69, 9.17) is 13.8 Å². The Morgan fingerprint density at radius 1 is 0.515 bits per heavy atom. The van der Waals surface area contributed by atoms with Crippen LogP contribution in [0, 0.1) is 0 Å². The number of allylic oxidation sites excluding steroid dienone is 5. The van der Waals surface area contributed by atoms with Crippen LogP contribution < -0.4 is 10.2 Å². The number of phosphoric acid groups is 1. The van der Waals surface area contributed by atoms with Crippen LogP contribution in [0.25, 0.3) is 0 Å². The molecule has 9 nitrogen and oxygen atoms in total. The summed E-state index contributed by atoms with van der Waals surface area (Å²) in [5.74, 6) is -0.545. The van der Waals surface area contributed by atoms with Crippen molar-refractivity contribution in [2.45, 2.75) is 283 Å². The monoisotopic (exact) mass is 979 g/mol. The molecule has 400 valence electrons. The van der Waals surface area contributed by atoms with Gasteiger partial charge in [-0.1, -0.05) is 237 Å². The fourth-order valence-corrected chi connectivity index (χ4v) is 9.06. The first-order valence-corrected chi connectivity index (χ1v) is 30.3. The van der Waals surface area contributed by atoms with Crippen molar-refractivity contribution in [2.24, 2.45) is 0 Å².